The molecule has 0 saturated carbocycles. The minimum Gasteiger partial charge on any atom is -0.481 e. The third kappa shape index (κ3) is 4.01. The van der Waals surface area contributed by atoms with Crippen molar-refractivity contribution in [1.82, 2.24) is 4.90 Å². The largest absolute Gasteiger partial charge is 0.481 e. The van der Waals surface area contributed by atoms with Crippen LogP contribution in [0, 0.1) is 11.8 Å². The van der Waals surface area contributed by atoms with E-state index in [0.29, 0.717) is 4.90 Å². The number of Topliss-reactive ketones (excluding diaryl/α,β-unsaturated/α-hetero) is 2. The minimum atomic E-state index is -1.47. The predicted molar refractivity (Wildman–Crippen MR) is 123 cm³/mol. The lowest BCUT2D eigenvalue weighted by atomic mass is 9.89. The smallest absolute Gasteiger partial charge is 0.327 e. The second-order valence-corrected chi connectivity index (χ2v) is 10.2. The Kier molecular flexibility index (Phi) is 6.58. The van der Waals surface area contributed by atoms with Crippen LogP contribution in [0.3, 0.4) is 0 Å². The molecule has 1 aliphatic carbocycles. The van der Waals surface area contributed by atoms with E-state index in [1.54, 1.807) is 24.3 Å². The second kappa shape index (κ2) is 9.43. The summed E-state index contributed by atoms with van der Waals surface area (Å²) in [5.41, 5.74) is 0.635. The molecule has 34 heavy (non-hydrogen) atoms. The molecular formula is C23H17NO8S2. The lowest BCUT2D eigenvalue weighted by Crippen LogP contribution is -2.46. The number of carboxylic acids is 2. The minimum absolute atomic E-state index is 0.125. The Balaban J connectivity index is 1.42. The number of carbonyl (C=O) groups is 6. The highest BCUT2D eigenvalue weighted by Crippen LogP contribution is 2.36. The molecular weight excluding hydrogens is 482 g/mol. The quantitative estimate of drug-likeness (QED) is 0.228. The zero-order valence-corrected chi connectivity index (χ0v) is 19.0. The number of rotatable bonds is 9. The van der Waals surface area contributed by atoms with Gasteiger partial charge in [-0.15, -0.1) is 0 Å². The van der Waals surface area contributed by atoms with Crippen molar-refractivity contribution >= 4 is 56.9 Å². The molecule has 9 nitrogen and oxygen atoms in total. The van der Waals surface area contributed by atoms with Crippen LogP contribution in [0.4, 0.5) is 0 Å². The normalized spacial score (nSPS) is 17.0. The summed E-state index contributed by atoms with van der Waals surface area (Å²) in [7, 11) is 1.92. The molecule has 0 spiro atoms. The molecule has 0 saturated heterocycles. The van der Waals surface area contributed by atoms with Crippen molar-refractivity contribution in [2.24, 2.45) is 11.8 Å². The molecule has 0 radical (unpaired) electrons. The Labute approximate surface area is 200 Å². The van der Waals surface area contributed by atoms with Crippen LogP contribution in [0.1, 0.15) is 41.4 Å². The van der Waals surface area contributed by atoms with Gasteiger partial charge in [-0.3, -0.25) is 28.9 Å². The summed E-state index contributed by atoms with van der Waals surface area (Å²) < 4.78 is 0. The molecule has 0 aromatic heterocycles. The Morgan fingerprint density at radius 3 is 1.62 bits per heavy atom. The average molecular weight is 500 g/mol. The molecule has 0 bridgehead atoms. The van der Waals surface area contributed by atoms with Gasteiger partial charge in [-0.1, -0.05) is 58.0 Å². The molecule has 174 valence electrons. The van der Waals surface area contributed by atoms with Crippen LogP contribution in [0.2, 0.25) is 0 Å². The van der Waals surface area contributed by atoms with Gasteiger partial charge in [-0.2, -0.15) is 0 Å². The monoisotopic (exact) mass is 499 g/mol. The van der Waals surface area contributed by atoms with Gasteiger partial charge in [0.25, 0.3) is 11.8 Å². The Hall–Kier alpha value is -3.44. The number of carbonyl (C=O) groups excluding carboxylic acids is 4. The van der Waals surface area contributed by atoms with Crippen molar-refractivity contribution in [2.75, 3.05) is 11.5 Å². The van der Waals surface area contributed by atoms with Crippen molar-refractivity contribution in [3.8, 4) is 0 Å². The predicted octanol–water partition coefficient (Wildman–Crippen LogP) is 2.51. The van der Waals surface area contributed by atoms with E-state index in [4.69, 9.17) is 0 Å². The topological polar surface area (TPSA) is 146 Å². The highest BCUT2D eigenvalue weighted by atomic mass is 33.1. The van der Waals surface area contributed by atoms with Gasteiger partial charge in [0.2, 0.25) is 0 Å². The van der Waals surface area contributed by atoms with Gasteiger partial charge in [-0.05, 0) is 12.1 Å². The maximum atomic E-state index is 12.7. The van der Waals surface area contributed by atoms with Gasteiger partial charge in [0.1, 0.15) is 6.04 Å². The molecule has 4 rings (SSSR count). The highest BCUT2D eigenvalue weighted by Gasteiger charge is 2.46. The van der Waals surface area contributed by atoms with Crippen LogP contribution < -0.4 is 0 Å². The highest BCUT2D eigenvalue weighted by molar-refractivity contribution is 8.76. The Morgan fingerprint density at radius 2 is 1.18 bits per heavy atom. The van der Waals surface area contributed by atoms with Crippen molar-refractivity contribution in [2.45, 2.75) is 6.04 Å². The summed E-state index contributed by atoms with van der Waals surface area (Å²) in [5.74, 6) is -8.22. The van der Waals surface area contributed by atoms with Crippen LogP contribution in [0.15, 0.2) is 48.5 Å². The van der Waals surface area contributed by atoms with Crippen molar-refractivity contribution in [3.05, 3.63) is 70.8 Å². The van der Waals surface area contributed by atoms with Gasteiger partial charge in [0.15, 0.2) is 11.6 Å². The molecule has 1 heterocycles. The first-order chi connectivity index (χ1) is 16.2. The number of aliphatic carboxylic acids is 2. The van der Waals surface area contributed by atoms with E-state index in [1.165, 1.54) is 24.3 Å². The fourth-order valence-electron chi connectivity index (χ4n) is 4.02. The number of nitrogens with zero attached hydrogens (tertiary/aromatic N) is 1. The molecule has 2 N–H and O–H groups in total. The van der Waals surface area contributed by atoms with E-state index < -0.39 is 53.2 Å². The van der Waals surface area contributed by atoms with E-state index in [2.05, 4.69) is 0 Å². The first kappa shape index (κ1) is 23.7. The number of hydrogen-bond donors (Lipinski definition) is 2. The lowest BCUT2D eigenvalue weighted by Gasteiger charge is -2.22. The van der Waals surface area contributed by atoms with Crippen LogP contribution in [-0.2, 0) is 9.59 Å². The number of carboxylic acid groups (broad SMARTS) is 2. The van der Waals surface area contributed by atoms with Crippen LogP contribution in [0.25, 0.3) is 0 Å². The average Bonchev–Trinajstić information content (AvgIpc) is 3.21. The molecule has 0 unspecified atom stereocenters. The fraction of sp³-hybridized carbons (Fsp3) is 0.217. The first-order valence-electron chi connectivity index (χ1n) is 10.1. The van der Waals surface area contributed by atoms with E-state index >= 15 is 0 Å². The summed E-state index contributed by atoms with van der Waals surface area (Å²) in [6, 6.07) is 10.7. The number of benzene rings is 2. The van der Waals surface area contributed by atoms with Gasteiger partial charge < -0.3 is 10.2 Å². The summed E-state index contributed by atoms with van der Waals surface area (Å²) >= 11 is 0. The number of hydrogen-bond acceptors (Lipinski definition) is 8. The molecule has 2 atom stereocenters. The third-order valence-electron chi connectivity index (χ3n) is 5.72. The Morgan fingerprint density at radius 1 is 0.735 bits per heavy atom. The second-order valence-electron chi connectivity index (χ2n) is 7.65. The summed E-state index contributed by atoms with van der Waals surface area (Å²) in [4.78, 5) is 75.0. The lowest BCUT2D eigenvalue weighted by molar-refractivity contribution is -0.142. The molecule has 1 aliphatic heterocycles. The third-order valence-corrected chi connectivity index (χ3v) is 8.15. The number of amides is 2. The summed E-state index contributed by atoms with van der Waals surface area (Å²) in [5, 5.41) is 19.3. The maximum Gasteiger partial charge on any atom is 0.327 e. The van der Waals surface area contributed by atoms with Gasteiger partial charge in [-0.25, -0.2) is 4.79 Å². The molecule has 2 aliphatic rings. The van der Waals surface area contributed by atoms with Crippen LogP contribution >= 0.6 is 21.6 Å². The standard InChI is InChI=1S/C23H17NO8S2/c25-18-11-5-1-2-6-12(11)19(26)17(18)15(22(29)30)9-33-34-10-16(23(31)32)24-20(27)13-7-3-4-8-14(13)21(24)28/h1-8,15-17H,9-10H2,(H,29,30)(H,31,32)/t15-,16+/m1/s1. The molecule has 2 amide bonds. The molecule has 0 fully saturated rings. The SMILES string of the molecule is O=C1c2ccccc2C(=O)C1[C@@H](CSSC[C@@H](C(=O)O)N1C(=O)c2ccccc2C1=O)C(=O)O. The molecule has 2 aromatic carbocycles. The van der Waals surface area contributed by atoms with Crippen LogP contribution in [0.5, 0.6) is 0 Å². The van der Waals surface area contributed by atoms with E-state index in [1.807, 2.05) is 0 Å². The van der Waals surface area contributed by atoms with Crippen LogP contribution in [-0.4, -0.2) is 68.0 Å². The number of imide groups is 1. The molecule has 2 aromatic rings. The summed E-state index contributed by atoms with van der Waals surface area (Å²) in [6.07, 6.45) is 0. The van der Waals surface area contributed by atoms with E-state index in [-0.39, 0.29) is 33.8 Å². The Bertz CT molecular complexity index is 1080. The summed E-state index contributed by atoms with van der Waals surface area (Å²) in [6.45, 7) is 0. The number of ketones is 2. The first-order valence-corrected chi connectivity index (χ1v) is 12.6. The van der Waals surface area contributed by atoms with E-state index in [9.17, 15) is 39.0 Å². The van der Waals surface area contributed by atoms with Gasteiger partial charge in [0.05, 0.1) is 23.0 Å². The van der Waals surface area contributed by atoms with E-state index in [0.717, 1.165) is 21.6 Å². The zero-order chi connectivity index (χ0) is 24.6. The maximum absolute atomic E-state index is 12.7. The van der Waals surface area contributed by atoms with Crippen molar-refractivity contribution in [1.29, 1.82) is 0 Å². The van der Waals surface area contributed by atoms with Crippen molar-refractivity contribution in [3.63, 3.8) is 0 Å². The van der Waals surface area contributed by atoms with Crippen molar-refractivity contribution < 1.29 is 39.0 Å². The fourth-order valence-corrected chi connectivity index (χ4v) is 6.52. The zero-order valence-electron chi connectivity index (χ0n) is 17.4. The number of fused-ring (bicyclic) bond motifs is 2. The van der Waals surface area contributed by atoms with Gasteiger partial charge >= 0.3 is 11.9 Å². The van der Waals surface area contributed by atoms with Gasteiger partial charge in [0, 0.05) is 22.6 Å². The molecule has 11 heteroatoms.